The molecule has 8 nitrogen and oxygen atoms in total. The molecule has 0 saturated carbocycles. The molecule has 38 heavy (non-hydrogen) atoms. The Morgan fingerprint density at radius 3 is 2.47 bits per heavy atom. The van der Waals surface area contributed by atoms with Crippen LogP contribution in [0.3, 0.4) is 0 Å². The lowest BCUT2D eigenvalue weighted by atomic mass is 9.90. The van der Waals surface area contributed by atoms with E-state index in [1.54, 1.807) is 21.9 Å². The van der Waals surface area contributed by atoms with Crippen LogP contribution in [0.2, 0.25) is 0 Å². The van der Waals surface area contributed by atoms with Crippen LogP contribution in [0.25, 0.3) is 0 Å². The maximum atomic E-state index is 13.6. The third-order valence-electron chi connectivity index (χ3n) is 7.11. The molecule has 2 aliphatic heterocycles. The van der Waals surface area contributed by atoms with Crippen molar-refractivity contribution in [1.82, 2.24) is 14.8 Å². The Hall–Kier alpha value is -3.04. The zero-order valence-corrected chi connectivity index (χ0v) is 23.3. The first-order valence-corrected chi connectivity index (χ1v) is 13.2. The molecule has 1 fully saturated rings. The molecule has 0 bridgehead atoms. The monoisotopic (exact) mass is 526 g/mol. The molecule has 1 atom stereocenters. The van der Waals surface area contributed by atoms with Gasteiger partial charge in [0.15, 0.2) is 0 Å². The maximum Gasteiger partial charge on any atom is 0.410 e. The van der Waals surface area contributed by atoms with E-state index in [4.69, 9.17) is 9.72 Å². The number of benzene rings is 1. The number of anilines is 1. The summed E-state index contributed by atoms with van der Waals surface area (Å²) >= 11 is 0. The molecule has 0 radical (unpaired) electrons. The summed E-state index contributed by atoms with van der Waals surface area (Å²) in [6.45, 7) is 13.8. The summed E-state index contributed by atoms with van der Waals surface area (Å²) in [5, 5.41) is 10.0. The summed E-state index contributed by atoms with van der Waals surface area (Å²) in [7, 11) is 0. The number of amides is 2. The molecule has 3 heterocycles. The number of aromatic nitrogens is 1. The number of fused-ring (bicyclic) bond motifs is 1. The highest BCUT2D eigenvalue weighted by atomic mass is 19.1. The number of aliphatic hydroxyl groups excluding tert-OH is 1. The summed E-state index contributed by atoms with van der Waals surface area (Å²) in [4.78, 5) is 36.6. The Labute approximate surface area is 224 Å². The van der Waals surface area contributed by atoms with Gasteiger partial charge in [0.25, 0.3) is 0 Å². The Morgan fingerprint density at radius 1 is 1.18 bits per heavy atom. The molecule has 1 saturated heterocycles. The first kappa shape index (κ1) is 28.0. The molecule has 206 valence electrons. The number of ether oxygens (including phenoxy) is 1. The van der Waals surface area contributed by atoms with Crippen LogP contribution in [0, 0.1) is 5.82 Å². The molecule has 1 unspecified atom stereocenters. The number of carbonyl (C=O) groups is 2. The lowest BCUT2D eigenvalue weighted by Crippen LogP contribution is -2.56. The summed E-state index contributed by atoms with van der Waals surface area (Å²) < 4.78 is 18.9. The van der Waals surface area contributed by atoms with Crippen LogP contribution in [-0.4, -0.2) is 76.3 Å². The van der Waals surface area contributed by atoms with E-state index in [9.17, 15) is 19.1 Å². The van der Waals surface area contributed by atoms with Gasteiger partial charge in [0.2, 0.25) is 5.91 Å². The second kappa shape index (κ2) is 10.6. The molecule has 1 N–H and O–H groups in total. The van der Waals surface area contributed by atoms with E-state index in [0.717, 1.165) is 22.5 Å². The second-order valence-electron chi connectivity index (χ2n) is 12.0. The second-order valence-corrected chi connectivity index (χ2v) is 12.0. The van der Waals surface area contributed by atoms with Crippen LogP contribution in [0.4, 0.5) is 14.9 Å². The number of aliphatic hydroxyl groups is 1. The van der Waals surface area contributed by atoms with Gasteiger partial charge in [-0.2, -0.15) is 0 Å². The number of nitrogens with zero attached hydrogens (tertiary/aromatic N) is 4. The van der Waals surface area contributed by atoms with Crippen molar-refractivity contribution in [3.05, 3.63) is 58.7 Å². The largest absolute Gasteiger partial charge is 0.444 e. The molecular formula is C29H39FN4O4. The van der Waals surface area contributed by atoms with E-state index >= 15 is 0 Å². The summed E-state index contributed by atoms with van der Waals surface area (Å²) in [5.74, 6) is -0.330. The van der Waals surface area contributed by atoms with Crippen molar-refractivity contribution in [2.24, 2.45) is 0 Å². The van der Waals surface area contributed by atoms with Crippen molar-refractivity contribution in [1.29, 1.82) is 0 Å². The van der Waals surface area contributed by atoms with Gasteiger partial charge in [-0.05, 0) is 63.4 Å². The van der Waals surface area contributed by atoms with Gasteiger partial charge in [0.05, 0.1) is 30.2 Å². The van der Waals surface area contributed by atoms with E-state index < -0.39 is 5.60 Å². The molecule has 1 aromatic carbocycles. The van der Waals surface area contributed by atoms with Crippen LogP contribution in [0.15, 0.2) is 30.3 Å². The highest BCUT2D eigenvalue weighted by Crippen LogP contribution is 2.40. The zero-order valence-electron chi connectivity index (χ0n) is 23.3. The van der Waals surface area contributed by atoms with Crippen molar-refractivity contribution >= 4 is 17.7 Å². The SMILES string of the molecule is CC1CN(CC(=O)N2CC(C)(C)c3nc(CO)c(Cc4ccc(F)cc4)cc32)CCN1C(=O)OC(C)(C)C. The van der Waals surface area contributed by atoms with E-state index in [1.807, 2.05) is 33.8 Å². The van der Waals surface area contributed by atoms with E-state index in [1.165, 1.54) is 12.1 Å². The predicted molar refractivity (Wildman–Crippen MR) is 144 cm³/mol. The molecule has 2 aliphatic rings. The molecule has 0 spiro atoms. The number of hydrogen-bond donors (Lipinski definition) is 1. The Bertz CT molecular complexity index is 1190. The molecular weight excluding hydrogens is 487 g/mol. The minimum atomic E-state index is -0.556. The van der Waals surface area contributed by atoms with Gasteiger partial charge in [-0.25, -0.2) is 9.18 Å². The highest BCUT2D eigenvalue weighted by Gasteiger charge is 2.41. The summed E-state index contributed by atoms with van der Waals surface area (Å²) in [5.41, 5.74) is 2.91. The predicted octanol–water partition coefficient (Wildman–Crippen LogP) is 3.87. The van der Waals surface area contributed by atoms with E-state index in [0.29, 0.717) is 38.3 Å². The molecule has 2 aromatic rings. The van der Waals surface area contributed by atoms with Gasteiger partial charge in [0, 0.05) is 37.6 Å². The molecule has 2 amide bonds. The zero-order chi connectivity index (χ0) is 27.8. The molecule has 1 aromatic heterocycles. The topological polar surface area (TPSA) is 86.2 Å². The average Bonchev–Trinajstić information content (AvgIpc) is 3.08. The summed E-state index contributed by atoms with van der Waals surface area (Å²) in [6.07, 6.45) is 0.147. The lowest BCUT2D eigenvalue weighted by molar-refractivity contribution is -0.120. The fourth-order valence-corrected chi connectivity index (χ4v) is 5.22. The quantitative estimate of drug-likeness (QED) is 0.637. The van der Waals surface area contributed by atoms with Gasteiger partial charge < -0.3 is 19.6 Å². The van der Waals surface area contributed by atoms with Gasteiger partial charge in [-0.15, -0.1) is 0 Å². The van der Waals surface area contributed by atoms with Crippen LogP contribution < -0.4 is 4.90 Å². The normalized spacial score (nSPS) is 19.4. The Morgan fingerprint density at radius 2 is 1.87 bits per heavy atom. The fraction of sp³-hybridized carbons (Fsp3) is 0.552. The summed E-state index contributed by atoms with van der Waals surface area (Å²) in [6, 6.07) is 8.13. The third kappa shape index (κ3) is 6.15. The van der Waals surface area contributed by atoms with Gasteiger partial charge in [-0.3, -0.25) is 14.7 Å². The first-order chi connectivity index (χ1) is 17.8. The van der Waals surface area contributed by atoms with Crippen LogP contribution in [0.1, 0.15) is 64.1 Å². The van der Waals surface area contributed by atoms with Crippen molar-refractivity contribution in [3.8, 4) is 0 Å². The van der Waals surface area contributed by atoms with Crippen molar-refractivity contribution < 1.29 is 23.8 Å². The van der Waals surface area contributed by atoms with Gasteiger partial charge >= 0.3 is 6.09 Å². The third-order valence-corrected chi connectivity index (χ3v) is 7.11. The van der Waals surface area contributed by atoms with Gasteiger partial charge in [0.1, 0.15) is 11.4 Å². The van der Waals surface area contributed by atoms with Crippen LogP contribution >= 0.6 is 0 Å². The average molecular weight is 527 g/mol. The first-order valence-electron chi connectivity index (χ1n) is 13.2. The number of hydrogen-bond acceptors (Lipinski definition) is 6. The highest BCUT2D eigenvalue weighted by molar-refractivity contribution is 5.97. The molecule has 0 aliphatic carbocycles. The number of halogens is 1. The molecule has 4 rings (SSSR count). The minimum Gasteiger partial charge on any atom is -0.444 e. The van der Waals surface area contributed by atoms with E-state index in [2.05, 4.69) is 18.7 Å². The van der Waals surface area contributed by atoms with Crippen molar-refractivity contribution in [2.75, 3.05) is 37.6 Å². The Kier molecular flexibility index (Phi) is 7.81. The standard InChI is InChI=1S/C29H39FN4O4/c1-19-15-32(11-12-33(19)27(37)38-28(2,3)4)16-25(36)34-18-29(5,6)26-24(34)14-21(23(17-35)31-26)13-20-7-9-22(30)10-8-20/h7-10,14,19,35H,11-13,15-18H2,1-6H3. The number of rotatable bonds is 5. The molecule has 9 heteroatoms. The van der Waals surface area contributed by atoms with Crippen LogP contribution in [0.5, 0.6) is 0 Å². The van der Waals surface area contributed by atoms with E-state index in [-0.39, 0.29) is 42.4 Å². The van der Waals surface area contributed by atoms with Crippen molar-refractivity contribution in [3.63, 3.8) is 0 Å². The smallest absolute Gasteiger partial charge is 0.410 e. The maximum absolute atomic E-state index is 13.6. The van der Waals surface area contributed by atoms with Gasteiger partial charge in [-0.1, -0.05) is 26.0 Å². The fourth-order valence-electron chi connectivity index (χ4n) is 5.22. The Balaban J connectivity index is 1.50. The lowest BCUT2D eigenvalue weighted by Gasteiger charge is -2.40. The number of piperazine rings is 1. The van der Waals surface area contributed by atoms with Crippen LogP contribution in [-0.2, 0) is 28.0 Å². The minimum absolute atomic E-state index is 0.0268. The van der Waals surface area contributed by atoms with Crippen molar-refractivity contribution in [2.45, 2.75) is 71.6 Å². The number of carbonyl (C=O) groups excluding carboxylic acids is 2. The number of pyridine rings is 1.